The van der Waals surface area contributed by atoms with Crippen LogP contribution in [0.5, 0.6) is 0 Å². The number of piperazine rings is 1. The second kappa shape index (κ2) is 6.88. The molecule has 0 atom stereocenters. The van der Waals surface area contributed by atoms with Crippen molar-refractivity contribution in [2.24, 2.45) is 0 Å². The largest absolute Gasteiger partial charge is 0.338 e. The zero-order chi connectivity index (χ0) is 17.1. The summed E-state index contributed by atoms with van der Waals surface area (Å²) in [6, 6.07) is 3.38. The highest BCUT2D eigenvalue weighted by Gasteiger charge is 2.18. The molecule has 1 aromatic carbocycles. The lowest BCUT2D eigenvalue weighted by atomic mass is 10.2. The number of carbonyl (C=O) groups excluding carboxylic acids is 1. The van der Waals surface area contributed by atoms with Crippen LogP contribution in [0.2, 0.25) is 0 Å². The van der Waals surface area contributed by atoms with Crippen molar-refractivity contribution in [1.82, 2.24) is 14.9 Å². The quantitative estimate of drug-likeness (QED) is 0.927. The third kappa shape index (κ3) is 3.48. The fourth-order valence-electron chi connectivity index (χ4n) is 2.41. The lowest BCUT2D eigenvalue weighted by molar-refractivity contribution is 0.102. The number of likely N-dealkylation sites (N-methyl/N-ethyl adjacent to an activating group) is 1. The van der Waals surface area contributed by atoms with Crippen LogP contribution in [0, 0.1) is 11.6 Å². The molecule has 1 saturated heterocycles. The number of halogens is 2. The Kier molecular flexibility index (Phi) is 4.66. The summed E-state index contributed by atoms with van der Waals surface area (Å²) in [5.74, 6) is -1.79. The summed E-state index contributed by atoms with van der Waals surface area (Å²) in [5, 5.41) is 2.21. The molecule has 0 bridgehead atoms. The Morgan fingerprint density at radius 2 is 1.67 bits per heavy atom. The zero-order valence-electron chi connectivity index (χ0n) is 13.2. The Morgan fingerprint density at radius 1 is 1.08 bits per heavy atom. The number of rotatable bonds is 3. The molecule has 0 radical (unpaired) electrons. The zero-order valence-corrected chi connectivity index (χ0v) is 13.2. The van der Waals surface area contributed by atoms with Crippen LogP contribution >= 0.6 is 0 Å². The molecule has 0 unspecified atom stereocenters. The predicted octanol–water partition coefficient (Wildman–Crippen LogP) is 1.76. The molecule has 1 aliphatic heterocycles. The number of aromatic nitrogens is 2. The lowest BCUT2D eigenvalue weighted by Gasteiger charge is -2.32. The van der Waals surface area contributed by atoms with E-state index in [0.29, 0.717) is 5.95 Å². The van der Waals surface area contributed by atoms with Gasteiger partial charge in [-0.2, -0.15) is 0 Å². The molecule has 0 spiro atoms. The van der Waals surface area contributed by atoms with Gasteiger partial charge in [-0.15, -0.1) is 0 Å². The summed E-state index contributed by atoms with van der Waals surface area (Å²) in [5.41, 5.74) is -0.346. The van der Waals surface area contributed by atoms with E-state index < -0.39 is 23.2 Å². The Morgan fingerprint density at radius 3 is 2.25 bits per heavy atom. The molecule has 0 aliphatic carbocycles. The SMILES string of the molecule is CN1CCN(c2ncc(C(=O)Nc3c(F)cccc3F)cn2)CC1. The number of nitrogens with zero attached hydrogens (tertiary/aromatic N) is 4. The first-order valence-corrected chi connectivity index (χ1v) is 7.55. The van der Waals surface area contributed by atoms with Crippen LogP contribution in [-0.4, -0.2) is 54.0 Å². The van der Waals surface area contributed by atoms with Crippen molar-refractivity contribution in [3.8, 4) is 0 Å². The minimum atomic E-state index is -0.835. The molecule has 1 N–H and O–H groups in total. The molecule has 6 nitrogen and oxygen atoms in total. The van der Waals surface area contributed by atoms with Gasteiger partial charge in [0.2, 0.25) is 5.95 Å². The molecule has 1 amide bonds. The van der Waals surface area contributed by atoms with E-state index in [1.54, 1.807) is 0 Å². The number of hydrogen-bond acceptors (Lipinski definition) is 5. The topological polar surface area (TPSA) is 61.4 Å². The molecule has 1 aliphatic rings. The number of benzene rings is 1. The summed E-state index contributed by atoms with van der Waals surface area (Å²) >= 11 is 0. The second-order valence-electron chi connectivity index (χ2n) is 5.61. The van der Waals surface area contributed by atoms with E-state index in [1.165, 1.54) is 18.5 Å². The smallest absolute Gasteiger partial charge is 0.258 e. The average molecular weight is 333 g/mol. The van der Waals surface area contributed by atoms with Crippen molar-refractivity contribution in [1.29, 1.82) is 0 Å². The third-order valence-electron chi connectivity index (χ3n) is 3.89. The molecule has 1 fully saturated rings. The molecule has 126 valence electrons. The van der Waals surface area contributed by atoms with E-state index in [2.05, 4.69) is 20.2 Å². The van der Waals surface area contributed by atoms with Crippen molar-refractivity contribution in [3.63, 3.8) is 0 Å². The van der Waals surface area contributed by atoms with Crippen molar-refractivity contribution in [2.75, 3.05) is 43.4 Å². The maximum Gasteiger partial charge on any atom is 0.258 e. The van der Waals surface area contributed by atoms with Gasteiger partial charge < -0.3 is 15.1 Å². The van der Waals surface area contributed by atoms with Gasteiger partial charge in [0.05, 0.1) is 5.56 Å². The molecule has 24 heavy (non-hydrogen) atoms. The van der Waals surface area contributed by atoms with Gasteiger partial charge in [-0.25, -0.2) is 18.7 Å². The summed E-state index contributed by atoms with van der Waals surface area (Å²) in [6.07, 6.45) is 2.71. The van der Waals surface area contributed by atoms with Crippen molar-refractivity contribution >= 4 is 17.5 Å². The van der Waals surface area contributed by atoms with Gasteiger partial charge >= 0.3 is 0 Å². The third-order valence-corrected chi connectivity index (χ3v) is 3.89. The molecule has 3 rings (SSSR count). The van der Waals surface area contributed by atoms with Crippen LogP contribution in [0.3, 0.4) is 0 Å². The predicted molar refractivity (Wildman–Crippen MR) is 86.1 cm³/mol. The number of nitrogens with one attached hydrogen (secondary N) is 1. The van der Waals surface area contributed by atoms with E-state index in [-0.39, 0.29) is 5.56 Å². The summed E-state index contributed by atoms with van der Waals surface area (Å²) < 4.78 is 27.1. The van der Waals surface area contributed by atoms with Crippen LogP contribution < -0.4 is 10.2 Å². The van der Waals surface area contributed by atoms with Gasteiger partial charge in [0.15, 0.2) is 0 Å². The molecule has 2 heterocycles. The van der Waals surface area contributed by atoms with Crippen LogP contribution in [0.4, 0.5) is 20.4 Å². The van der Waals surface area contributed by atoms with Crippen molar-refractivity contribution in [3.05, 3.63) is 47.8 Å². The summed E-state index contributed by atoms with van der Waals surface area (Å²) in [4.78, 5) is 24.7. The molecule has 2 aromatic rings. The number of amides is 1. The monoisotopic (exact) mass is 333 g/mol. The summed E-state index contributed by atoms with van der Waals surface area (Å²) in [7, 11) is 2.05. The van der Waals surface area contributed by atoms with Crippen LogP contribution in [-0.2, 0) is 0 Å². The number of carbonyl (C=O) groups is 1. The van der Waals surface area contributed by atoms with E-state index >= 15 is 0 Å². The second-order valence-corrected chi connectivity index (χ2v) is 5.61. The summed E-state index contributed by atoms with van der Waals surface area (Å²) in [6.45, 7) is 3.45. The van der Waals surface area contributed by atoms with Gasteiger partial charge in [0.25, 0.3) is 5.91 Å². The maximum atomic E-state index is 13.6. The van der Waals surface area contributed by atoms with E-state index in [4.69, 9.17) is 0 Å². The van der Waals surface area contributed by atoms with Crippen LogP contribution in [0.25, 0.3) is 0 Å². The van der Waals surface area contributed by atoms with Crippen molar-refractivity contribution in [2.45, 2.75) is 0 Å². The molecule has 8 heteroatoms. The Bertz CT molecular complexity index is 709. The van der Waals surface area contributed by atoms with Gasteiger partial charge in [0.1, 0.15) is 17.3 Å². The van der Waals surface area contributed by atoms with E-state index in [0.717, 1.165) is 38.3 Å². The molecular formula is C16H17F2N5O. The molecule has 1 aromatic heterocycles. The van der Waals surface area contributed by atoms with Crippen molar-refractivity contribution < 1.29 is 13.6 Å². The van der Waals surface area contributed by atoms with Gasteiger partial charge in [-0.05, 0) is 19.2 Å². The average Bonchev–Trinajstić information content (AvgIpc) is 2.59. The minimum Gasteiger partial charge on any atom is -0.338 e. The van der Waals surface area contributed by atoms with Gasteiger partial charge in [-0.1, -0.05) is 6.07 Å². The number of anilines is 2. The first kappa shape index (κ1) is 16.3. The van der Waals surface area contributed by atoms with E-state index in [9.17, 15) is 13.6 Å². The van der Waals surface area contributed by atoms with Crippen LogP contribution in [0.1, 0.15) is 10.4 Å². The normalized spacial score (nSPS) is 15.4. The standard InChI is InChI=1S/C16H17F2N5O/c1-22-5-7-23(8-6-22)16-19-9-11(10-20-16)15(24)21-14-12(17)3-2-4-13(14)18/h2-4,9-10H,5-8H2,1H3,(H,21,24). The van der Waals surface area contributed by atoms with Gasteiger partial charge in [-0.3, -0.25) is 4.79 Å². The Hall–Kier alpha value is -2.61. The fraction of sp³-hybridized carbons (Fsp3) is 0.312. The van der Waals surface area contributed by atoms with Crippen LogP contribution in [0.15, 0.2) is 30.6 Å². The lowest BCUT2D eigenvalue weighted by Crippen LogP contribution is -2.45. The Balaban J connectivity index is 1.70. The highest BCUT2D eigenvalue weighted by atomic mass is 19.1. The molecular weight excluding hydrogens is 316 g/mol. The minimum absolute atomic E-state index is 0.135. The Labute approximate surface area is 138 Å². The number of hydrogen-bond donors (Lipinski definition) is 1. The first-order chi connectivity index (χ1) is 11.5. The number of para-hydroxylation sites is 1. The van der Waals surface area contributed by atoms with Gasteiger partial charge in [0, 0.05) is 38.6 Å². The fourth-order valence-corrected chi connectivity index (χ4v) is 2.41. The highest BCUT2D eigenvalue weighted by molar-refractivity contribution is 6.04. The van der Waals surface area contributed by atoms with E-state index in [1.807, 2.05) is 11.9 Å². The maximum absolute atomic E-state index is 13.6. The highest BCUT2D eigenvalue weighted by Crippen LogP contribution is 2.19. The molecule has 0 saturated carbocycles. The first-order valence-electron chi connectivity index (χ1n) is 7.55.